The number of piperazine rings is 1. The zero-order chi connectivity index (χ0) is 17.9. The maximum absolute atomic E-state index is 13.1. The van der Waals surface area contributed by atoms with Crippen LogP contribution in [0.5, 0.6) is 0 Å². The minimum atomic E-state index is -0.209. The highest BCUT2D eigenvalue weighted by Crippen LogP contribution is 2.24. The summed E-state index contributed by atoms with van der Waals surface area (Å²) < 4.78 is 18.5. The van der Waals surface area contributed by atoms with Gasteiger partial charge in [-0.3, -0.25) is 0 Å². The number of nitrogens with two attached hydrogens (primary N) is 1. The van der Waals surface area contributed by atoms with E-state index >= 15 is 0 Å². The van der Waals surface area contributed by atoms with Crippen molar-refractivity contribution in [1.82, 2.24) is 10.1 Å². The SMILES string of the molecule is NC(=NCc1noc2c1CCCC2)N1CCN(c2ccc(F)cc2)CC1. The van der Waals surface area contributed by atoms with Crippen LogP contribution in [0.2, 0.25) is 0 Å². The standard InChI is InChI=1S/C19H24FN5O/c20-14-5-7-15(8-6-14)24-9-11-25(12-10-24)19(21)22-13-17-16-3-1-2-4-18(16)26-23-17/h5-8H,1-4,9-13H2,(H2,21,22). The third kappa shape index (κ3) is 3.52. The van der Waals surface area contributed by atoms with Crippen LogP contribution in [0.15, 0.2) is 33.8 Å². The number of nitrogens with zero attached hydrogens (tertiary/aromatic N) is 4. The van der Waals surface area contributed by atoms with Gasteiger partial charge in [-0.05, 0) is 43.5 Å². The van der Waals surface area contributed by atoms with Crippen LogP contribution in [0.3, 0.4) is 0 Å². The molecule has 0 bridgehead atoms. The van der Waals surface area contributed by atoms with Crippen molar-refractivity contribution in [3.8, 4) is 0 Å². The summed E-state index contributed by atoms with van der Waals surface area (Å²) in [5.74, 6) is 1.36. The van der Waals surface area contributed by atoms with Gasteiger partial charge in [0, 0.05) is 43.9 Å². The first-order chi connectivity index (χ1) is 12.7. The third-order valence-corrected chi connectivity index (χ3v) is 5.22. The van der Waals surface area contributed by atoms with Crippen molar-refractivity contribution in [2.75, 3.05) is 31.1 Å². The van der Waals surface area contributed by atoms with E-state index in [0.29, 0.717) is 12.5 Å². The van der Waals surface area contributed by atoms with Crippen LogP contribution in [0.4, 0.5) is 10.1 Å². The number of aryl methyl sites for hydroxylation is 1. The maximum atomic E-state index is 13.1. The molecule has 2 aliphatic rings. The molecule has 26 heavy (non-hydrogen) atoms. The van der Waals surface area contributed by atoms with Gasteiger partial charge in [-0.25, -0.2) is 9.38 Å². The van der Waals surface area contributed by atoms with Crippen molar-refractivity contribution in [2.24, 2.45) is 10.7 Å². The molecule has 1 aromatic heterocycles. The first-order valence-corrected chi connectivity index (χ1v) is 9.22. The first-order valence-electron chi connectivity index (χ1n) is 9.22. The highest BCUT2D eigenvalue weighted by Gasteiger charge is 2.21. The van der Waals surface area contributed by atoms with Gasteiger partial charge in [0.15, 0.2) is 5.96 Å². The van der Waals surface area contributed by atoms with Gasteiger partial charge >= 0.3 is 0 Å². The van der Waals surface area contributed by atoms with Crippen LogP contribution in [0.25, 0.3) is 0 Å². The van der Waals surface area contributed by atoms with E-state index in [2.05, 4.69) is 19.9 Å². The fraction of sp³-hybridized carbons (Fsp3) is 0.474. The molecule has 0 amide bonds. The Morgan fingerprint density at radius 3 is 2.62 bits per heavy atom. The Kier molecular flexibility index (Phi) is 4.77. The predicted octanol–water partition coefficient (Wildman–Crippen LogP) is 2.33. The van der Waals surface area contributed by atoms with Crippen molar-refractivity contribution in [3.05, 3.63) is 47.1 Å². The molecule has 1 aliphatic heterocycles. The molecule has 0 unspecified atom stereocenters. The lowest BCUT2D eigenvalue weighted by atomic mass is 9.96. The number of fused-ring (bicyclic) bond motifs is 1. The predicted molar refractivity (Wildman–Crippen MR) is 98.7 cm³/mol. The topological polar surface area (TPSA) is 70.9 Å². The first kappa shape index (κ1) is 16.9. The third-order valence-electron chi connectivity index (χ3n) is 5.22. The average Bonchev–Trinajstić information content (AvgIpc) is 3.10. The molecule has 2 heterocycles. The molecule has 1 aromatic carbocycles. The van der Waals surface area contributed by atoms with E-state index in [1.54, 1.807) is 0 Å². The van der Waals surface area contributed by atoms with Crippen molar-refractivity contribution in [1.29, 1.82) is 0 Å². The van der Waals surface area contributed by atoms with E-state index in [9.17, 15) is 4.39 Å². The number of anilines is 1. The number of hydrogen-bond donors (Lipinski definition) is 1. The molecule has 0 saturated carbocycles. The zero-order valence-electron chi connectivity index (χ0n) is 14.8. The molecule has 1 fully saturated rings. The van der Waals surface area contributed by atoms with Gasteiger partial charge in [-0.1, -0.05) is 5.16 Å². The molecule has 1 saturated heterocycles. The Hall–Kier alpha value is -2.57. The fourth-order valence-electron chi connectivity index (χ4n) is 3.67. The molecular formula is C19H24FN5O. The number of rotatable bonds is 3. The smallest absolute Gasteiger partial charge is 0.191 e. The molecule has 0 spiro atoms. The molecule has 0 radical (unpaired) electrons. The molecule has 4 rings (SSSR count). The number of aromatic nitrogens is 1. The largest absolute Gasteiger partial charge is 0.370 e. The van der Waals surface area contributed by atoms with Crippen molar-refractivity contribution < 1.29 is 8.91 Å². The highest BCUT2D eigenvalue weighted by atomic mass is 19.1. The summed E-state index contributed by atoms with van der Waals surface area (Å²) >= 11 is 0. The van der Waals surface area contributed by atoms with Crippen LogP contribution in [0, 0.1) is 5.82 Å². The second-order valence-electron chi connectivity index (χ2n) is 6.86. The average molecular weight is 357 g/mol. The molecule has 7 heteroatoms. The van der Waals surface area contributed by atoms with Gasteiger partial charge in [-0.2, -0.15) is 0 Å². The van der Waals surface area contributed by atoms with E-state index in [1.165, 1.54) is 30.5 Å². The summed E-state index contributed by atoms with van der Waals surface area (Å²) in [6.07, 6.45) is 4.37. The van der Waals surface area contributed by atoms with Crippen LogP contribution >= 0.6 is 0 Å². The molecule has 6 nitrogen and oxygen atoms in total. The van der Waals surface area contributed by atoms with Gasteiger partial charge in [-0.15, -0.1) is 0 Å². The number of guanidine groups is 1. The molecule has 2 aromatic rings. The lowest BCUT2D eigenvalue weighted by Crippen LogP contribution is -2.51. The summed E-state index contributed by atoms with van der Waals surface area (Å²) in [5.41, 5.74) is 9.39. The Morgan fingerprint density at radius 2 is 1.85 bits per heavy atom. The van der Waals surface area contributed by atoms with E-state index in [1.807, 2.05) is 12.1 Å². The Morgan fingerprint density at radius 1 is 1.12 bits per heavy atom. The van der Waals surface area contributed by atoms with Crippen LogP contribution in [0.1, 0.15) is 29.9 Å². The molecule has 138 valence electrons. The van der Waals surface area contributed by atoms with Gasteiger partial charge in [0.2, 0.25) is 0 Å². The van der Waals surface area contributed by atoms with Gasteiger partial charge < -0.3 is 20.1 Å². The highest BCUT2D eigenvalue weighted by molar-refractivity contribution is 5.78. The zero-order valence-corrected chi connectivity index (χ0v) is 14.8. The molecule has 2 N–H and O–H groups in total. The van der Waals surface area contributed by atoms with Crippen LogP contribution < -0.4 is 10.6 Å². The summed E-state index contributed by atoms with van der Waals surface area (Å²) in [7, 11) is 0. The Labute approximate surface area is 152 Å². The fourth-order valence-corrected chi connectivity index (χ4v) is 3.67. The van der Waals surface area contributed by atoms with Gasteiger partial charge in [0.1, 0.15) is 17.3 Å². The lowest BCUT2D eigenvalue weighted by molar-refractivity contribution is 0.367. The quantitative estimate of drug-likeness (QED) is 0.674. The maximum Gasteiger partial charge on any atom is 0.191 e. The number of aliphatic imine (C=N–C) groups is 1. The molecule has 0 atom stereocenters. The van der Waals surface area contributed by atoms with Crippen molar-refractivity contribution in [3.63, 3.8) is 0 Å². The summed E-state index contributed by atoms with van der Waals surface area (Å²) in [5, 5.41) is 4.18. The monoisotopic (exact) mass is 357 g/mol. The number of hydrogen-bond acceptors (Lipinski definition) is 4. The van der Waals surface area contributed by atoms with Crippen LogP contribution in [-0.4, -0.2) is 42.2 Å². The summed E-state index contributed by atoms with van der Waals surface area (Å²) in [4.78, 5) is 8.86. The number of benzene rings is 1. The van der Waals surface area contributed by atoms with E-state index in [-0.39, 0.29) is 5.82 Å². The van der Waals surface area contributed by atoms with Gasteiger partial charge in [0.25, 0.3) is 0 Å². The van der Waals surface area contributed by atoms with E-state index in [0.717, 1.165) is 56.2 Å². The second-order valence-corrected chi connectivity index (χ2v) is 6.86. The normalized spacial score (nSPS) is 18.1. The number of halogens is 1. The molecular weight excluding hydrogens is 333 g/mol. The summed E-state index contributed by atoms with van der Waals surface area (Å²) in [6, 6.07) is 6.62. The Bertz CT molecular complexity index is 778. The molecule has 1 aliphatic carbocycles. The summed E-state index contributed by atoms with van der Waals surface area (Å²) in [6.45, 7) is 3.73. The minimum absolute atomic E-state index is 0.209. The van der Waals surface area contributed by atoms with E-state index < -0.39 is 0 Å². The van der Waals surface area contributed by atoms with Crippen LogP contribution in [-0.2, 0) is 19.4 Å². The van der Waals surface area contributed by atoms with Crippen molar-refractivity contribution in [2.45, 2.75) is 32.2 Å². The van der Waals surface area contributed by atoms with Crippen molar-refractivity contribution >= 4 is 11.6 Å². The van der Waals surface area contributed by atoms with Gasteiger partial charge in [0.05, 0.1) is 6.54 Å². The Balaban J connectivity index is 1.34. The minimum Gasteiger partial charge on any atom is -0.370 e. The second kappa shape index (κ2) is 7.35. The lowest BCUT2D eigenvalue weighted by Gasteiger charge is -2.36. The van der Waals surface area contributed by atoms with E-state index in [4.69, 9.17) is 10.3 Å².